The molecular weight excluding hydrogens is 635 g/mol. The van der Waals surface area contributed by atoms with Crippen LogP contribution in [0.15, 0.2) is 152 Å². The van der Waals surface area contributed by atoms with Crippen LogP contribution in [0.25, 0.3) is 101 Å². The molecule has 3 nitrogen and oxygen atoms in total. The summed E-state index contributed by atoms with van der Waals surface area (Å²) in [7, 11) is 0. The zero-order chi connectivity index (χ0) is 32.1. The maximum absolute atomic E-state index is 5.47. The minimum absolute atomic E-state index is 0.684. The van der Waals surface area contributed by atoms with E-state index in [2.05, 4.69) is 156 Å². The van der Waals surface area contributed by atoms with Gasteiger partial charge in [0.1, 0.15) is 0 Å². The Labute approximate surface area is 289 Å². The summed E-state index contributed by atoms with van der Waals surface area (Å²) in [4.78, 5) is 10.8. The number of nitrogens with zero attached hydrogens (tertiary/aromatic N) is 3. The van der Waals surface area contributed by atoms with Gasteiger partial charge < -0.3 is 0 Å². The van der Waals surface area contributed by atoms with E-state index >= 15 is 0 Å². The summed E-state index contributed by atoms with van der Waals surface area (Å²) in [6.07, 6.45) is 0. The topological polar surface area (TPSA) is 30.7 Å². The molecule has 0 spiro atoms. The summed E-state index contributed by atoms with van der Waals surface area (Å²) in [5, 5.41) is 8.74. The maximum atomic E-state index is 5.47. The molecule has 0 fully saturated rings. The molecule has 0 unspecified atom stereocenters. The molecule has 7 aromatic carbocycles. The largest absolute Gasteiger partial charge is 0.277 e. The third-order valence-corrected chi connectivity index (χ3v) is 12.2. The van der Waals surface area contributed by atoms with Gasteiger partial charge in [-0.05, 0) is 35.4 Å². The quantitative estimate of drug-likeness (QED) is 0.189. The predicted octanol–water partition coefficient (Wildman–Crippen LogP) is 12.8. The Balaban J connectivity index is 1.29. The molecule has 0 saturated heterocycles. The van der Waals surface area contributed by atoms with Gasteiger partial charge >= 0.3 is 0 Å². The number of rotatable bonds is 3. The highest BCUT2D eigenvalue weighted by molar-refractivity contribution is 7.30. The molecule has 0 bridgehead atoms. The lowest BCUT2D eigenvalue weighted by Crippen LogP contribution is -2.03. The molecule has 5 heteroatoms. The standard InChI is InChI=1S/C44H25N3S2/c1-2-12-26(13-3-1)27-22-24-28(25-23-27)40-29-14-4-8-18-33(29)45-44(46-40)47-34-19-9-5-15-30(34)37-41(47)38-31-16-6-10-20-35(31)48-43(38)39-32-17-7-11-21-36(32)49-42(37)39/h1-25H. The molecule has 0 radical (unpaired) electrons. The molecule has 0 amide bonds. The van der Waals surface area contributed by atoms with Crippen LogP contribution < -0.4 is 0 Å². The average Bonchev–Trinajstić information content (AvgIpc) is 3.84. The normalized spacial score (nSPS) is 12.1. The SMILES string of the molecule is c1ccc(-c2ccc(-c3nc(-n4c5ccccc5c5c6sc7ccccc7c6c6sc7ccccc7c6c54)nc4ccccc34)cc2)cc1. The van der Waals surface area contributed by atoms with E-state index in [0.717, 1.165) is 27.7 Å². The fourth-order valence-corrected chi connectivity index (χ4v) is 10.3. The van der Waals surface area contributed by atoms with Gasteiger partial charge in [-0.3, -0.25) is 4.57 Å². The van der Waals surface area contributed by atoms with Crippen molar-refractivity contribution in [3.8, 4) is 28.3 Å². The second kappa shape index (κ2) is 10.3. The Morgan fingerprint density at radius 3 is 1.67 bits per heavy atom. The minimum Gasteiger partial charge on any atom is -0.277 e. The molecule has 11 rings (SSSR count). The second-order valence-electron chi connectivity index (χ2n) is 12.5. The van der Waals surface area contributed by atoms with Crippen molar-refractivity contribution in [2.45, 2.75) is 0 Å². The van der Waals surface area contributed by atoms with Gasteiger partial charge in [0, 0.05) is 62.1 Å². The summed E-state index contributed by atoms with van der Waals surface area (Å²) in [6, 6.07) is 54.2. The molecule has 4 aromatic heterocycles. The highest BCUT2D eigenvalue weighted by Gasteiger charge is 2.25. The summed E-state index contributed by atoms with van der Waals surface area (Å²) >= 11 is 3.79. The summed E-state index contributed by atoms with van der Waals surface area (Å²) < 4.78 is 7.58. The highest BCUT2D eigenvalue weighted by atomic mass is 32.1. The third kappa shape index (κ3) is 3.88. The predicted molar refractivity (Wildman–Crippen MR) is 211 cm³/mol. The Morgan fingerprint density at radius 2 is 0.939 bits per heavy atom. The van der Waals surface area contributed by atoms with E-state index in [1.54, 1.807) is 0 Å². The molecule has 4 heterocycles. The van der Waals surface area contributed by atoms with Gasteiger partial charge in [-0.25, -0.2) is 9.97 Å². The molecule has 0 aliphatic rings. The van der Waals surface area contributed by atoms with Crippen molar-refractivity contribution in [1.29, 1.82) is 0 Å². The fourth-order valence-electron chi connectivity index (χ4n) is 7.65. The van der Waals surface area contributed by atoms with Crippen molar-refractivity contribution in [2.75, 3.05) is 0 Å². The molecule has 49 heavy (non-hydrogen) atoms. The lowest BCUT2D eigenvalue weighted by atomic mass is 10.0. The number of thiophene rings is 2. The summed E-state index contributed by atoms with van der Waals surface area (Å²) in [6.45, 7) is 0. The first-order valence-corrected chi connectivity index (χ1v) is 18.1. The Kier molecular flexibility index (Phi) is 5.70. The molecule has 0 atom stereocenters. The van der Waals surface area contributed by atoms with Gasteiger partial charge in [-0.2, -0.15) is 0 Å². The van der Waals surface area contributed by atoms with Gasteiger partial charge in [-0.1, -0.05) is 127 Å². The summed E-state index contributed by atoms with van der Waals surface area (Å²) in [5.74, 6) is 0.684. The van der Waals surface area contributed by atoms with E-state index in [1.807, 2.05) is 22.7 Å². The first kappa shape index (κ1) is 27.1. The minimum atomic E-state index is 0.684. The van der Waals surface area contributed by atoms with Crippen LogP contribution in [0.2, 0.25) is 0 Å². The monoisotopic (exact) mass is 659 g/mol. The molecule has 11 aromatic rings. The molecule has 0 aliphatic carbocycles. The number of hydrogen-bond donors (Lipinski definition) is 0. The zero-order valence-corrected chi connectivity index (χ0v) is 27.7. The van der Waals surface area contributed by atoms with Crippen molar-refractivity contribution >= 4 is 95.7 Å². The Bertz CT molecular complexity index is 3060. The lowest BCUT2D eigenvalue weighted by molar-refractivity contribution is 1.02. The zero-order valence-electron chi connectivity index (χ0n) is 26.1. The third-order valence-electron chi connectivity index (χ3n) is 9.81. The number of para-hydroxylation sites is 2. The Hall–Kier alpha value is -5.88. The van der Waals surface area contributed by atoms with Gasteiger partial charge in [0.25, 0.3) is 0 Å². The van der Waals surface area contributed by atoms with Crippen molar-refractivity contribution in [2.24, 2.45) is 0 Å². The van der Waals surface area contributed by atoms with Crippen LogP contribution in [-0.4, -0.2) is 14.5 Å². The molecule has 0 saturated carbocycles. The average molecular weight is 660 g/mol. The van der Waals surface area contributed by atoms with E-state index in [9.17, 15) is 0 Å². The van der Waals surface area contributed by atoms with E-state index in [4.69, 9.17) is 9.97 Å². The molecule has 0 N–H and O–H groups in total. The van der Waals surface area contributed by atoms with Crippen LogP contribution in [0, 0.1) is 0 Å². The number of fused-ring (bicyclic) bond motifs is 13. The van der Waals surface area contributed by atoms with Crippen LogP contribution in [0.3, 0.4) is 0 Å². The maximum Gasteiger partial charge on any atom is 0.235 e. The van der Waals surface area contributed by atoms with Gasteiger partial charge in [0.2, 0.25) is 5.95 Å². The Morgan fingerprint density at radius 1 is 0.408 bits per heavy atom. The van der Waals surface area contributed by atoms with Crippen molar-refractivity contribution in [3.05, 3.63) is 152 Å². The molecular formula is C44H25N3S2. The summed E-state index contributed by atoms with van der Waals surface area (Å²) in [5.41, 5.74) is 7.60. The van der Waals surface area contributed by atoms with Crippen molar-refractivity contribution in [1.82, 2.24) is 14.5 Å². The first-order chi connectivity index (χ1) is 24.3. The van der Waals surface area contributed by atoms with Crippen LogP contribution in [-0.2, 0) is 0 Å². The van der Waals surface area contributed by atoms with Crippen molar-refractivity contribution < 1.29 is 0 Å². The van der Waals surface area contributed by atoms with E-state index in [1.165, 1.54) is 67.8 Å². The number of aromatic nitrogens is 3. The van der Waals surface area contributed by atoms with Crippen LogP contribution >= 0.6 is 22.7 Å². The highest BCUT2D eigenvalue weighted by Crippen LogP contribution is 2.52. The molecule has 228 valence electrons. The van der Waals surface area contributed by atoms with Gasteiger partial charge in [0.15, 0.2) is 0 Å². The first-order valence-electron chi connectivity index (χ1n) is 16.4. The van der Waals surface area contributed by atoms with E-state index in [-0.39, 0.29) is 0 Å². The second-order valence-corrected chi connectivity index (χ2v) is 14.6. The smallest absolute Gasteiger partial charge is 0.235 e. The molecule has 0 aliphatic heterocycles. The van der Waals surface area contributed by atoms with E-state index < -0.39 is 0 Å². The van der Waals surface area contributed by atoms with E-state index in [0.29, 0.717) is 5.95 Å². The van der Waals surface area contributed by atoms with Gasteiger partial charge in [-0.15, -0.1) is 22.7 Å². The van der Waals surface area contributed by atoms with Crippen LogP contribution in [0.5, 0.6) is 0 Å². The van der Waals surface area contributed by atoms with Gasteiger partial charge in [0.05, 0.1) is 22.2 Å². The number of hydrogen-bond acceptors (Lipinski definition) is 4. The lowest BCUT2D eigenvalue weighted by Gasteiger charge is -2.13. The van der Waals surface area contributed by atoms with Crippen LogP contribution in [0.1, 0.15) is 0 Å². The van der Waals surface area contributed by atoms with Crippen LogP contribution in [0.4, 0.5) is 0 Å². The number of benzene rings is 7. The van der Waals surface area contributed by atoms with Crippen molar-refractivity contribution in [3.63, 3.8) is 0 Å². The fraction of sp³-hybridized carbons (Fsp3) is 0.